The Bertz CT molecular complexity index is 1360. The number of benzene rings is 2. The van der Waals surface area contributed by atoms with Gasteiger partial charge in [-0.25, -0.2) is 4.98 Å². The Morgan fingerprint density at radius 2 is 1.83 bits per heavy atom. The first-order chi connectivity index (χ1) is 17.2. The molecule has 35 heavy (non-hydrogen) atoms. The molecular weight excluding hydrogens is 466 g/mol. The van der Waals surface area contributed by atoms with Crippen molar-refractivity contribution < 1.29 is 24.5 Å². The number of nitrogens with one attached hydrogen (secondary N) is 2. The Labute approximate surface area is 206 Å². The van der Waals surface area contributed by atoms with E-state index in [2.05, 4.69) is 21.7 Å². The maximum Gasteiger partial charge on any atom is 0.254 e. The molecule has 8 nitrogen and oxygen atoms in total. The molecule has 0 aliphatic heterocycles. The summed E-state index contributed by atoms with van der Waals surface area (Å²) in [5, 5.41) is 25.8. The quantitative estimate of drug-likeness (QED) is 0.198. The molecule has 0 atom stereocenters. The van der Waals surface area contributed by atoms with Gasteiger partial charge in [0.25, 0.3) is 5.91 Å². The minimum absolute atomic E-state index is 0.139. The van der Waals surface area contributed by atoms with Gasteiger partial charge >= 0.3 is 0 Å². The van der Waals surface area contributed by atoms with Gasteiger partial charge in [0.15, 0.2) is 0 Å². The number of pyridine rings is 1. The molecule has 1 amide bonds. The van der Waals surface area contributed by atoms with E-state index in [1.165, 1.54) is 17.5 Å². The van der Waals surface area contributed by atoms with Gasteiger partial charge in [0.2, 0.25) is 0 Å². The molecule has 0 saturated heterocycles. The van der Waals surface area contributed by atoms with Crippen LogP contribution in [0.2, 0.25) is 0 Å². The SMILES string of the molecule is O=C(NCCO)c1cnc(NC#CO)c2c(COc3cccc(OCc4ccccc4)c3)csc12. The van der Waals surface area contributed by atoms with Crippen LogP contribution in [-0.2, 0) is 13.2 Å². The number of nitrogens with zero attached hydrogens (tertiary/aromatic N) is 1. The maximum atomic E-state index is 12.5. The van der Waals surface area contributed by atoms with E-state index in [-0.39, 0.29) is 25.7 Å². The zero-order valence-corrected chi connectivity index (χ0v) is 19.5. The highest BCUT2D eigenvalue weighted by Crippen LogP contribution is 2.34. The second kappa shape index (κ2) is 11.7. The lowest BCUT2D eigenvalue weighted by Gasteiger charge is -2.11. The molecule has 4 N–H and O–H groups in total. The second-order valence-electron chi connectivity index (χ2n) is 7.36. The van der Waals surface area contributed by atoms with Gasteiger partial charge in [0, 0.05) is 29.8 Å². The summed E-state index contributed by atoms with van der Waals surface area (Å²) < 4.78 is 12.6. The largest absolute Gasteiger partial charge is 0.489 e. The fraction of sp³-hybridized carbons (Fsp3) is 0.154. The van der Waals surface area contributed by atoms with Crippen LogP contribution in [0.5, 0.6) is 11.5 Å². The molecule has 0 bridgehead atoms. The number of aliphatic hydroxyl groups is 2. The zero-order chi connectivity index (χ0) is 24.5. The molecule has 0 spiro atoms. The summed E-state index contributed by atoms with van der Waals surface area (Å²) in [6.07, 6.45) is 3.23. The first-order valence-electron chi connectivity index (χ1n) is 10.8. The van der Waals surface area contributed by atoms with Crippen LogP contribution in [0.25, 0.3) is 10.1 Å². The molecule has 4 aromatic rings. The first-order valence-corrected chi connectivity index (χ1v) is 11.7. The van der Waals surface area contributed by atoms with Crippen LogP contribution in [-0.4, -0.2) is 34.3 Å². The van der Waals surface area contributed by atoms with Crippen LogP contribution in [0, 0.1) is 12.2 Å². The van der Waals surface area contributed by atoms with E-state index in [1.54, 1.807) is 6.11 Å². The van der Waals surface area contributed by atoms with Gasteiger partial charge in [-0.3, -0.25) is 10.1 Å². The van der Waals surface area contributed by atoms with E-state index in [1.807, 2.05) is 60.0 Å². The van der Waals surface area contributed by atoms with E-state index in [9.17, 15) is 4.79 Å². The Hall–Kier alpha value is -4.26. The van der Waals surface area contributed by atoms with Crippen molar-refractivity contribution in [2.24, 2.45) is 0 Å². The second-order valence-corrected chi connectivity index (χ2v) is 8.24. The minimum atomic E-state index is -0.339. The normalized spacial score (nSPS) is 10.3. The number of aliphatic hydroxyl groups excluding tert-OH is 2. The van der Waals surface area contributed by atoms with Crippen LogP contribution in [0.4, 0.5) is 5.82 Å². The van der Waals surface area contributed by atoms with Crippen molar-refractivity contribution in [2.45, 2.75) is 13.2 Å². The van der Waals surface area contributed by atoms with Crippen molar-refractivity contribution in [3.05, 3.63) is 82.9 Å². The number of hydrogen-bond donors (Lipinski definition) is 4. The number of rotatable bonds is 10. The highest BCUT2D eigenvalue weighted by Gasteiger charge is 2.18. The lowest BCUT2D eigenvalue weighted by atomic mass is 10.1. The van der Waals surface area contributed by atoms with Crippen LogP contribution in [0.1, 0.15) is 21.5 Å². The van der Waals surface area contributed by atoms with Crippen molar-refractivity contribution >= 4 is 33.1 Å². The number of carbonyl (C=O) groups excluding carboxylic acids is 1. The summed E-state index contributed by atoms with van der Waals surface area (Å²) in [7, 11) is 0. The van der Waals surface area contributed by atoms with Gasteiger partial charge < -0.3 is 25.0 Å². The number of amides is 1. The van der Waals surface area contributed by atoms with E-state index < -0.39 is 0 Å². The lowest BCUT2D eigenvalue weighted by Crippen LogP contribution is -2.26. The van der Waals surface area contributed by atoms with E-state index in [4.69, 9.17) is 19.7 Å². The first kappa shape index (κ1) is 23.9. The molecule has 2 aromatic heterocycles. The van der Waals surface area contributed by atoms with Gasteiger partial charge in [-0.2, -0.15) is 0 Å². The number of hydrogen-bond acceptors (Lipinski definition) is 8. The van der Waals surface area contributed by atoms with Crippen LogP contribution >= 0.6 is 11.3 Å². The Morgan fingerprint density at radius 1 is 1.06 bits per heavy atom. The molecule has 0 aliphatic carbocycles. The molecule has 0 unspecified atom stereocenters. The number of thiophene rings is 1. The average molecular weight is 490 g/mol. The minimum Gasteiger partial charge on any atom is -0.489 e. The third-order valence-corrected chi connectivity index (χ3v) is 6.06. The van der Waals surface area contributed by atoms with E-state index >= 15 is 0 Å². The molecule has 0 fully saturated rings. The summed E-state index contributed by atoms with van der Waals surface area (Å²) in [5.74, 6) is 1.38. The van der Waals surface area contributed by atoms with Crippen molar-refractivity contribution in [1.29, 1.82) is 0 Å². The molecule has 0 aliphatic rings. The van der Waals surface area contributed by atoms with Gasteiger partial charge in [-0.05, 0) is 23.1 Å². The van der Waals surface area contributed by atoms with Crippen LogP contribution < -0.4 is 20.1 Å². The van der Waals surface area contributed by atoms with Crippen molar-refractivity contribution in [2.75, 3.05) is 18.5 Å². The standard InChI is InChI=1S/C26H23N3O5S/c30-11-9-27-25-23-19(17-35-24(23)22(14-29-25)26(32)28-10-12-31)16-34-21-8-4-7-20(13-21)33-15-18-5-2-1-3-6-18/h1-8,13-14,17,30-31H,10,12,15-16H2,(H,27,29)(H,28,32). The highest BCUT2D eigenvalue weighted by molar-refractivity contribution is 7.18. The highest BCUT2D eigenvalue weighted by atomic mass is 32.1. The van der Waals surface area contributed by atoms with Crippen molar-refractivity contribution in [1.82, 2.24) is 10.3 Å². The van der Waals surface area contributed by atoms with E-state index in [0.29, 0.717) is 39.6 Å². The number of aromatic nitrogens is 1. The molecular formula is C26H23N3O5S. The smallest absolute Gasteiger partial charge is 0.254 e. The number of anilines is 1. The van der Waals surface area contributed by atoms with E-state index in [0.717, 1.165) is 11.1 Å². The Kier molecular flexibility index (Phi) is 8.01. The monoisotopic (exact) mass is 489 g/mol. The number of carbonyl (C=O) groups is 1. The third-order valence-electron chi connectivity index (χ3n) is 5.00. The summed E-state index contributed by atoms with van der Waals surface area (Å²) in [6.45, 7) is 0.645. The van der Waals surface area contributed by atoms with Crippen molar-refractivity contribution in [3.63, 3.8) is 0 Å². The molecule has 2 aromatic carbocycles. The van der Waals surface area contributed by atoms with Gasteiger partial charge in [0.1, 0.15) is 36.6 Å². The molecule has 0 radical (unpaired) electrons. The average Bonchev–Trinajstić information content (AvgIpc) is 3.33. The van der Waals surface area contributed by atoms with Crippen LogP contribution in [0.15, 0.2) is 66.2 Å². The predicted octanol–water partition coefficient (Wildman–Crippen LogP) is 3.88. The Morgan fingerprint density at radius 3 is 2.57 bits per heavy atom. The van der Waals surface area contributed by atoms with Gasteiger partial charge in [-0.15, -0.1) is 11.3 Å². The molecule has 0 saturated carbocycles. The number of fused-ring (bicyclic) bond motifs is 1. The molecule has 4 rings (SSSR count). The summed E-state index contributed by atoms with van der Waals surface area (Å²) >= 11 is 1.38. The maximum absolute atomic E-state index is 12.5. The summed E-state index contributed by atoms with van der Waals surface area (Å²) in [6, 6.07) is 19.7. The summed E-state index contributed by atoms with van der Waals surface area (Å²) in [5.41, 5.74) is 2.25. The van der Waals surface area contributed by atoms with Gasteiger partial charge in [-0.1, -0.05) is 36.4 Å². The third kappa shape index (κ3) is 6.00. The predicted molar refractivity (Wildman–Crippen MR) is 134 cm³/mol. The van der Waals surface area contributed by atoms with Crippen LogP contribution in [0.3, 0.4) is 0 Å². The topological polar surface area (TPSA) is 113 Å². The Balaban J connectivity index is 1.53. The molecule has 9 heteroatoms. The lowest BCUT2D eigenvalue weighted by molar-refractivity contribution is 0.0946. The number of ether oxygens (including phenoxy) is 2. The fourth-order valence-corrected chi connectivity index (χ4v) is 4.44. The summed E-state index contributed by atoms with van der Waals surface area (Å²) in [4.78, 5) is 16.9. The molecule has 2 heterocycles. The van der Waals surface area contributed by atoms with Crippen molar-refractivity contribution in [3.8, 4) is 23.6 Å². The molecule has 178 valence electrons. The fourth-order valence-electron chi connectivity index (χ4n) is 3.37. The zero-order valence-electron chi connectivity index (χ0n) is 18.7. The van der Waals surface area contributed by atoms with Gasteiger partial charge in [0.05, 0.1) is 22.9 Å².